The molecule has 0 spiro atoms. The summed E-state index contributed by atoms with van der Waals surface area (Å²) in [5.74, 6) is -0.370. The molecule has 0 aliphatic carbocycles. The number of likely N-dealkylation sites (tertiary alicyclic amines) is 1. The van der Waals surface area contributed by atoms with E-state index >= 15 is 0 Å². The average Bonchev–Trinajstić information content (AvgIpc) is 3.05. The lowest BCUT2D eigenvalue weighted by molar-refractivity contribution is 0.0912. The molecule has 0 radical (unpaired) electrons. The number of sulfonamides is 1. The first-order chi connectivity index (χ1) is 12.8. The molecule has 2 aromatic rings. The third-order valence-electron chi connectivity index (χ3n) is 4.91. The van der Waals surface area contributed by atoms with Crippen molar-refractivity contribution in [3.8, 4) is 0 Å². The Kier molecular flexibility index (Phi) is 5.86. The SMILES string of the molecule is CN1CCC[C@H]1[C@@H](NC(=O)c1ccc(Cl)c(S(N)(=O)=O)c1)c1ccccc1. The van der Waals surface area contributed by atoms with Gasteiger partial charge in [-0.2, -0.15) is 0 Å². The molecule has 1 fully saturated rings. The number of nitrogens with two attached hydrogens (primary N) is 1. The molecule has 3 N–H and O–H groups in total. The van der Waals surface area contributed by atoms with Crippen molar-refractivity contribution in [3.63, 3.8) is 0 Å². The van der Waals surface area contributed by atoms with E-state index in [9.17, 15) is 13.2 Å². The summed E-state index contributed by atoms with van der Waals surface area (Å²) in [6.45, 7) is 0.973. The van der Waals surface area contributed by atoms with Gasteiger partial charge in [0.15, 0.2) is 0 Å². The van der Waals surface area contributed by atoms with Gasteiger partial charge in [-0.25, -0.2) is 13.6 Å². The lowest BCUT2D eigenvalue weighted by atomic mass is 9.97. The number of carbonyl (C=O) groups excluding carboxylic acids is 1. The number of likely N-dealkylation sites (N-methyl/N-ethyl adjacent to an activating group) is 1. The molecule has 144 valence electrons. The molecule has 2 atom stereocenters. The van der Waals surface area contributed by atoms with Crippen molar-refractivity contribution in [2.45, 2.75) is 29.8 Å². The quantitative estimate of drug-likeness (QED) is 0.796. The van der Waals surface area contributed by atoms with Gasteiger partial charge in [-0.3, -0.25) is 4.79 Å². The van der Waals surface area contributed by atoms with Crippen molar-refractivity contribution < 1.29 is 13.2 Å². The van der Waals surface area contributed by atoms with E-state index in [1.165, 1.54) is 18.2 Å². The van der Waals surface area contributed by atoms with Gasteiger partial charge in [0.1, 0.15) is 4.90 Å². The van der Waals surface area contributed by atoms with Crippen LogP contribution in [0, 0.1) is 0 Å². The Labute approximate surface area is 164 Å². The second kappa shape index (κ2) is 7.98. The largest absolute Gasteiger partial charge is 0.344 e. The Bertz CT molecular complexity index is 934. The number of primary sulfonamides is 1. The van der Waals surface area contributed by atoms with Crippen molar-refractivity contribution >= 4 is 27.5 Å². The Hall–Kier alpha value is -1.93. The van der Waals surface area contributed by atoms with E-state index in [0.717, 1.165) is 24.9 Å². The summed E-state index contributed by atoms with van der Waals surface area (Å²) < 4.78 is 23.4. The van der Waals surface area contributed by atoms with Crippen LogP contribution in [0.4, 0.5) is 0 Å². The predicted octanol–water partition coefficient (Wildman–Crippen LogP) is 2.55. The monoisotopic (exact) mass is 407 g/mol. The highest BCUT2D eigenvalue weighted by Gasteiger charge is 2.32. The molecule has 0 saturated carbocycles. The van der Waals surface area contributed by atoms with Crippen LogP contribution in [0.25, 0.3) is 0 Å². The zero-order valence-corrected chi connectivity index (χ0v) is 16.5. The molecule has 8 heteroatoms. The summed E-state index contributed by atoms with van der Waals surface area (Å²) in [6, 6.07) is 13.8. The van der Waals surface area contributed by atoms with Crippen molar-refractivity contribution in [3.05, 3.63) is 64.7 Å². The Morgan fingerprint density at radius 3 is 2.56 bits per heavy atom. The highest BCUT2D eigenvalue weighted by molar-refractivity contribution is 7.89. The van der Waals surface area contributed by atoms with Crippen molar-refractivity contribution in [2.24, 2.45) is 5.14 Å². The molecule has 1 amide bonds. The van der Waals surface area contributed by atoms with Gasteiger partial charge in [0.05, 0.1) is 11.1 Å². The smallest absolute Gasteiger partial charge is 0.251 e. The zero-order valence-electron chi connectivity index (χ0n) is 14.9. The third kappa shape index (κ3) is 4.50. The van der Waals surface area contributed by atoms with E-state index in [1.54, 1.807) is 0 Å². The topological polar surface area (TPSA) is 92.5 Å². The number of halogens is 1. The zero-order chi connectivity index (χ0) is 19.6. The minimum atomic E-state index is -4.01. The van der Waals surface area contributed by atoms with E-state index in [0.29, 0.717) is 0 Å². The maximum Gasteiger partial charge on any atom is 0.251 e. The lowest BCUT2D eigenvalue weighted by Gasteiger charge is -2.30. The van der Waals surface area contributed by atoms with E-state index in [1.807, 2.05) is 37.4 Å². The number of rotatable bonds is 5. The third-order valence-corrected chi connectivity index (χ3v) is 6.30. The van der Waals surface area contributed by atoms with E-state index in [-0.39, 0.29) is 33.5 Å². The lowest BCUT2D eigenvalue weighted by Crippen LogP contribution is -2.41. The minimum Gasteiger partial charge on any atom is -0.344 e. The first-order valence-electron chi connectivity index (χ1n) is 8.66. The Morgan fingerprint density at radius 2 is 1.96 bits per heavy atom. The summed E-state index contributed by atoms with van der Waals surface area (Å²) >= 11 is 5.91. The number of nitrogens with zero attached hydrogens (tertiary/aromatic N) is 1. The number of nitrogens with one attached hydrogen (secondary N) is 1. The van der Waals surface area contributed by atoms with Crippen molar-refractivity contribution in [1.82, 2.24) is 10.2 Å². The normalized spacial score (nSPS) is 19.0. The van der Waals surface area contributed by atoms with E-state index in [2.05, 4.69) is 10.2 Å². The molecular weight excluding hydrogens is 386 g/mol. The second-order valence-electron chi connectivity index (χ2n) is 6.74. The Morgan fingerprint density at radius 1 is 1.26 bits per heavy atom. The highest BCUT2D eigenvalue weighted by atomic mass is 35.5. The first kappa shape index (κ1) is 19.8. The van der Waals surface area contributed by atoms with Crippen LogP contribution in [0.5, 0.6) is 0 Å². The molecule has 1 aliphatic heterocycles. The van der Waals surface area contributed by atoms with Gasteiger partial charge < -0.3 is 10.2 Å². The van der Waals surface area contributed by atoms with Gasteiger partial charge in [0.25, 0.3) is 5.91 Å². The number of carbonyl (C=O) groups is 1. The van der Waals surface area contributed by atoms with Crippen molar-refractivity contribution in [2.75, 3.05) is 13.6 Å². The maximum absolute atomic E-state index is 12.9. The summed E-state index contributed by atoms with van der Waals surface area (Å²) in [6.07, 6.45) is 2.04. The van der Waals surface area contributed by atoms with Crippen LogP contribution >= 0.6 is 11.6 Å². The van der Waals surface area contributed by atoms with Crippen LogP contribution in [0.3, 0.4) is 0 Å². The number of benzene rings is 2. The number of hydrogen-bond donors (Lipinski definition) is 2. The van der Waals surface area contributed by atoms with E-state index < -0.39 is 10.0 Å². The van der Waals surface area contributed by atoms with Crippen LogP contribution in [0.2, 0.25) is 5.02 Å². The highest BCUT2D eigenvalue weighted by Crippen LogP contribution is 2.29. The molecule has 3 rings (SSSR count). The van der Waals surface area contributed by atoms with Crippen LogP contribution in [-0.2, 0) is 10.0 Å². The fraction of sp³-hybridized carbons (Fsp3) is 0.316. The fourth-order valence-electron chi connectivity index (χ4n) is 3.51. The molecule has 1 saturated heterocycles. The average molecular weight is 408 g/mol. The second-order valence-corrected chi connectivity index (χ2v) is 8.68. The van der Waals surface area contributed by atoms with Gasteiger partial charge in [-0.15, -0.1) is 0 Å². The molecule has 1 heterocycles. The molecule has 1 aliphatic rings. The summed E-state index contributed by atoms with van der Waals surface area (Å²) in [5, 5.41) is 8.24. The van der Waals surface area contributed by atoms with Crippen LogP contribution in [0.1, 0.15) is 34.8 Å². The molecule has 0 bridgehead atoms. The molecule has 0 unspecified atom stereocenters. The summed E-state index contributed by atoms with van der Waals surface area (Å²) in [7, 11) is -1.97. The van der Waals surface area contributed by atoms with Gasteiger partial charge in [-0.05, 0) is 50.2 Å². The van der Waals surface area contributed by atoms with Crippen LogP contribution < -0.4 is 10.5 Å². The predicted molar refractivity (Wildman–Crippen MR) is 105 cm³/mol. The minimum absolute atomic E-state index is 0.0100. The van der Waals surface area contributed by atoms with Crippen molar-refractivity contribution in [1.29, 1.82) is 0 Å². The van der Waals surface area contributed by atoms with Gasteiger partial charge in [-0.1, -0.05) is 41.9 Å². The molecule has 27 heavy (non-hydrogen) atoms. The van der Waals surface area contributed by atoms with Gasteiger partial charge in [0.2, 0.25) is 10.0 Å². The summed E-state index contributed by atoms with van der Waals surface area (Å²) in [5.41, 5.74) is 1.20. The molecule has 2 aromatic carbocycles. The number of amides is 1. The summed E-state index contributed by atoms with van der Waals surface area (Å²) in [4.78, 5) is 14.8. The van der Waals surface area contributed by atoms with Crippen LogP contribution in [0.15, 0.2) is 53.4 Å². The maximum atomic E-state index is 12.9. The molecule has 0 aromatic heterocycles. The number of hydrogen-bond acceptors (Lipinski definition) is 4. The fourth-order valence-corrected chi connectivity index (χ4v) is 4.58. The molecule has 6 nitrogen and oxygen atoms in total. The standard InChI is InChI=1S/C19H22ClN3O3S/c1-23-11-5-8-16(23)18(13-6-3-2-4-7-13)22-19(24)14-9-10-15(20)17(12-14)27(21,25)26/h2-4,6-7,9-10,12,16,18H,5,8,11H2,1H3,(H,22,24)(H2,21,25,26)/t16-,18-/m0/s1. The van der Waals surface area contributed by atoms with E-state index in [4.69, 9.17) is 16.7 Å². The van der Waals surface area contributed by atoms with Gasteiger partial charge >= 0.3 is 0 Å². The van der Waals surface area contributed by atoms with Gasteiger partial charge in [0, 0.05) is 11.6 Å². The molecular formula is C19H22ClN3O3S. The van der Waals surface area contributed by atoms with Crippen LogP contribution in [-0.4, -0.2) is 38.9 Å². The Balaban J connectivity index is 1.91. The first-order valence-corrected chi connectivity index (χ1v) is 10.6.